The Bertz CT molecular complexity index is 1970. The van der Waals surface area contributed by atoms with Crippen molar-refractivity contribution >= 4 is 17.6 Å². The number of hydrogen-bond acceptors (Lipinski definition) is 10. The minimum Gasteiger partial charge on any atom is -0.493 e. The highest BCUT2D eigenvalue weighted by Crippen LogP contribution is 2.37. The van der Waals surface area contributed by atoms with Gasteiger partial charge in [-0.2, -0.15) is 5.26 Å². The first-order valence-corrected chi connectivity index (χ1v) is 18.0. The number of likely N-dealkylation sites (tertiary alicyclic amines) is 1. The van der Waals surface area contributed by atoms with Gasteiger partial charge in [0, 0.05) is 55.8 Å². The molecule has 1 fully saturated rings. The molecule has 4 aromatic rings. The van der Waals surface area contributed by atoms with E-state index in [9.17, 15) is 25.4 Å². The zero-order valence-corrected chi connectivity index (χ0v) is 31.4. The third-order valence-electron chi connectivity index (χ3n) is 9.63. The zero-order valence-electron chi connectivity index (χ0n) is 30.6. The molecular weight excluding hydrogens is 696 g/mol. The normalized spacial score (nSPS) is 15.5. The molecule has 1 aliphatic heterocycles. The maximum Gasteiger partial charge on any atom is 0.326 e. The number of hydrogen-bond donors (Lipinski definition) is 4. The first kappa shape index (κ1) is 39.5. The quantitative estimate of drug-likeness (QED) is 0.0925. The summed E-state index contributed by atoms with van der Waals surface area (Å²) in [5, 5.41) is 41.7. The first-order chi connectivity index (χ1) is 25.4. The number of halogens is 1. The number of carbonyl (C=O) groups is 1. The number of aliphatic carboxylic acids is 1. The number of carboxylic acid groups (broad SMARTS) is 1. The van der Waals surface area contributed by atoms with Gasteiger partial charge in [-0.3, -0.25) is 15.1 Å². The molecule has 1 aliphatic rings. The van der Waals surface area contributed by atoms with Gasteiger partial charge in [0.25, 0.3) is 0 Å². The maximum absolute atomic E-state index is 11.8. The minimum absolute atomic E-state index is 0.0280. The molecule has 0 amide bonds. The van der Waals surface area contributed by atoms with Crippen molar-refractivity contribution in [1.29, 1.82) is 5.26 Å². The molecule has 2 heterocycles. The summed E-state index contributed by atoms with van der Waals surface area (Å²) in [5.74, 6) is 0.395. The molecule has 280 valence electrons. The van der Waals surface area contributed by atoms with Crippen molar-refractivity contribution in [1.82, 2.24) is 15.2 Å². The van der Waals surface area contributed by atoms with E-state index in [1.165, 1.54) is 13.1 Å². The smallest absolute Gasteiger partial charge is 0.326 e. The number of ether oxygens (including phenoxy) is 3. The molecule has 0 bridgehead atoms. The first-order valence-electron chi connectivity index (χ1n) is 17.7. The number of pyridine rings is 1. The van der Waals surface area contributed by atoms with Crippen LogP contribution >= 0.6 is 11.6 Å². The predicted molar refractivity (Wildman–Crippen MR) is 202 cm³/mol. The number of nitrogens with zero attached hydrogens (tertiary/aromatic N) is 3. The van der Waals surface area contributed by atoms with Crippen LogP contribution in [0.3, 0.4) is 0 Å². The Hall–Kier alpha value is -4.70. The number of benzene rings is 3. The molecule has 0 saturated carbocycles. The highest BCUT2D eigenvalue weighted by molar-refractivity contribution is 6.32. The van der Waals surface area contributed by atoms with Crippen molar-refractivity contribution < 1.29 is 34.3 Å². The number of carboxylic acids is 1. The van der Waals surface area contributed by atoms with Crippen molar-refractivity contribution in [2.45, 2.75) is 71.9 Å². The Morgan fingerprint density at radius 2 is 1.81 bits per heavy atom. The summed E-state index contributed by atoms with van der Waals surface area (Å²) in [6.45, 7) is 10.4. The summed E-state index contributed by atoms with van der Waals surface area (Å²) in [4.78, 5) is 18.2. The third-order valence-corrected chi connectivity index (χ3v) is 9.93. The molecule has 3 aromatic carbocycles. The molecule has 2 atom stereocenters. The van der Waals surface area contributed by atoms with E-state index in [0.29, 0.717) is 39.8 Å². The number of β-amino-alcohol motifs (C(OH)–C–C–N with tert-alkyl or cyclic N) is 1. The van der Waals surface area contributed by atoms with E-state index >= 15 is 0 Å². The second kappa shape index (κ2) is 17.9. The lowest BCUT2D eigenvalue weighted by molar-refractivity contribution is -0.145. The van der Waals surface area contributed by atoms with Crippen molar-refractivity contribution in [3.63, 3.8) is 0 Å². The minimum atomic E-state index is -1.59. The second-order valence-corrected chi connectivity index (χ2v) is 14.2. The molecule has 1 unspecified atom stereocenters. The SMILES string of the molecule is Cc1cc(COc2cc(OCc3cncc(C#N)c3)c(CNC(C)(CO)C(=O)O)cc2Cl)c(C)c(-c2cccc(OCCCN3CC[C@@H](O)C3)c2C)c1. The Kier molecular flexibility index (Phi) is 13.3. The van der Waals surface area contributed by atoms with Gasteiger partial charge in [-0.25, -0.2) is 0 Å². The van der Waals surface area contributed by atoms with Gasteiger partial charge in [-0.1, -0.05) is 41.4 Å². The van der Waals surface area contributed by atoms with Gasteiger partial charge in [0.2, 0.25) is 0 Å². The van der Waals surface area contributed by atoms with Gasteiger partial charge >= 0.3 is 5.97 Å². The number of aliphatic hydroxyl groups is 2. The lowest BCUT2D eigenvalue weighted by Crippen LogP contribution is -2.52. The predicted octanol–water partition coefficient (Wildman–Crippen LogP) is 6.12. The van der Waals surface area contributed by atoms with Crippen LogP contribution in [0.1, 0.15) is 58.7 Å². The van der Waals surface area contributed by atoms with Gasteiger partial charge in [-0.15, -0.1) is 0 Å². The molecule has 1 aromatic heterocycles. The maximum atomic E-state index is 11.8. The summed E-state index contributed by atoms with van der Waals surface area (Å²) in [6, 6.07) is 17.4. The van der Waals surface area contributed by atoms with E-state index in [-0.39, 0.29) is 25.9 Å². The van der Waals surface area contributed by atoms with Gasteiger partial charge in [-0.05, 0) is 86.6 Å². The number of aliphatic hydroxyl groups excluding tert-OH is 2. The van der Waals surface area contributed by atoms with Crippen LogP contribution < -0.4 is 19.5 Å². The Morgan fingerprint density at radius 1 is 1.02 bits per heavy atom. The summed E-state index contributed by atoms with van der Waals surface area (Å²) >= 11 is 6.75. The van der Waals surface area contributed by atoms with Crippen LogP contribution in [0.5, 0.6) is 17.2 Å². The average molecular weight is 743 g/mol. The number of aromatic nitrogens is 1. The second-order valence-electron chi connectivity index (χ2n) is 13.8. The summed E-state index contributed by atoms with van der Waals surface area (Å²) in [6.07, 6.45) is 4.55. The Balaban J connectivity index is 1.35. The molecule has 5 rings (SSSR count). The van der Waals surface area contributed by atoms with Crippen molar-refractivity contribution in [2.75, 3.05) is 32.8 Å². The topological polar surface area (TPSA) is 157 Å². The van der Waals surface area contributed by atoms with E-state index < -0.39 is 18.1 Å². The van der Waals surface area contributed by atoms with E-state index in [2.05, 4.69) is 53.3 Å². The van der Waals surface area contributed by atoms with Crippen LogP contribution in [-0.2, 0) is 24.6 Å². The molecular formula is C41H47ClN4O7. The van der Waals surface area contributed by atoms with Gasteiger partial charge in [0.1, 0.15) is 42.1 Å². The Morgan fingerprint density at radius 3 is 2.53 bits per heavy atom. The monoisotopic (exact) mass is 742 g/mol. The largest absolute Gasteiger partial charge is 0.493 e. The molecule has 0 radical (unpaired) electrons. The lowest BCUT2D eigenvalue weighted by Gasteiger charge is -2.25. The number of rotatable bonds is 17. The fraction of sp³-hybridized carbons (Fsp3) is 0.390. The molecule has 11 nitrogen and oxygen atoms in total. The molecule has 0 aliphatic carbocycles. The van der Waals surface area contributed by atoms with E-state index in [1.54, 1.807) is 24.4 Å². The van der Waals surface area contributed by atoms with Crippen LogP contribution in [0.25, 0.3) is 11.1 Å². The summed E-state index contributed by atoms with van der Waals surface area (Å²) in [7, 11) is 0. The van der Waals surface area contributed by atoms with E-state index in [1.807, 2.05) is 19.1 Å². The number of nitriles is 1. The standard InChI is InChI=1S/C41H47ClN4O7/c1-26-13-32(27(2)35(14-26)34-7-5-8-37(28(34)3)51-12-6-10-46-11-9-33(48)22-46)24-53-39-17-38(52-23-30-15-29(18-43)19-44-20-30)31(16-36(39)42)21-45-41(4,25-47)40(49)50/h5,7-8,13-17,19-20,33,45,47-48H,6,9-12,21-25H2,1-4H3,(H,49,50)/t33-,41?/m1/s1. The van der Waals surface area contributed by atoms with Gasteiger partial charge in [0.15, 0.2) is 0 Å². The zero-order chi connectivity index (χ0) is 38.1. The highest BCUT2D eigenvalue weighted by atomic mass is 35.5. The van der Waals surface area contributed by atoms with Crippen LogP contribution in [0.15, 0.2) is 60.9 Å². The van der Waals surface area contributed by atoms with Crippen molar-refractivity contribution in [3.8, 4) is 34.4 Å². The number of nitrogens with one attached hydrogen (secondary N) is 1. The van der Waals surface area contributed by atoms with Gasteiger partial charge < -0.3 is 34.4 Å². The summed E-state index contributed by atoms with van der Waals surface area (Å²) < 4.78 is 18.8. The average Bonchev–Trinajstić information content (AvgIpc) is 3.57. The van der Waals surface area contributed by atoms with Crippen LogP contribution in [0.2, 0.25) is 5.02 Å². The van der Waals surface area contributed by atoms with Gasteiger partial charge in [0.05, 0.1) is 29.9 Å². The lowest BCUT2D eigenvalue weighted by atomic mass is 9.91. The molecule has 1 saturated heterocycles. The van der Waals surface area contributed by atoms with Crippen LogP contribution in [0.4, 0.5) is 0 Å². The van der Waals surface area contributed by atoms with E-state index in [4.69, 9.17) is 25.8 Å². The fourth-order valence-electron chi connectivity index (χ4n) is 6.30. The van der Waals surface area contributed by atoms with Crippen LogP contribution in [-0.4, -0.2) is 75.7 Å². The molecule has 4 N–H and O–H groups in total. The molecule has 12 heteroatoms. The van der Waals surface area contributed by atoms with Crippen molar-refractivity contribution in [2.24, 2.45) is 0 Å². The van der Waals surface area contributed by atoms with Crippen molar-refractivity contribution in [3.05, 3.63) is 105 Å². The third kappa shape index (κ3) is 10.0. The molecule has 0 spiro atoms. The Labute approximate surface area is 315 Å². The molecule has 53 heavy (non-hydrogen) atoms. The number of aryl methyl sites for hydroxylation is 1. The summed E-state index contributed by atoms with van der Waals surface area (Å²) in [5.41, 5.74) is 6.32. The van der Waals surface area contributed by atoms with Crippen LogP contribution in [0, 0.1) is 32.1 Å². The highest BCUT2D eigenvalue weighted by Gasteiger charge is 2.32. The van der Waals surface area contributed by atoms with E-state index in [0.717, 1.165) is 71.6 Å². The fourth-order valence-corrected chi connectivity index (χ4v) is 6.55.